The Morgan fingerprint density at radius 1 is 1.33 bits per heavy atom. The number of aromatic nitrogens is 2. The fourth-order valence-corrected chi connectivity index (χ4v) is 3.74. The topological polar surface area (TPSA) is 50.2 Å². The summed E-state index contributed by atoms with van der Waals surface area (Å²) in [5.74, 6) is 0.304. The minimum atomic E-state index is -0.313. The zero-order valence-electron chi connectivity index (χ0n) is 13.1. The van der Waals surface area contributed by atoms with Crippen molar-refractivity contribution in [3.8, 4) is 0 Å². The van der Waals surface area contributed by atoms with E-state index in [1.165, 1.54) is 6.42 Å². The van der Waals surface area contributed by atoms with E-state index in [2.05, 4.69) is 30.5 Å². The molecular formula is C16H26N4O. The molecule has 1 aliphatic carbocycles. The zero-order valence-corrected chi connectivity index (χ0v) is 13.1. The predicted molar refractivity (Wildman–Crippen MR) is 81.6 cm³/mol. The molecule has 1 N–H and O–H groups in total. The van der Waals surface area contributed by atoms with Crippen LogP contribution >= 0.6 is 0 Å². The number of hydrogen-bond donors (Lipinski definition) is 1. The van der Waals surface area contributed by atoms with E-state index in [1.807, 2.05) is 15.8 Å². The van der Waals surface area contributed by atoms with Crippen molar-refractivity contribution in [1.29, 1.82) is 0 Å². The highest BCUT2D eigenvalue weighted by Gasteiger charge is 2.51. The van der Waals surface area contributed by atoms with Crippen molar-refractivity contribution >= 4 is 5.91 Å². The lowest BCUT2D eigenvalue weighted by Crippen LogP contribution is -2.48. The van der Waals surface area contributed by atoms with Crippen LogP contribution in [0.5, 0.6) is 0 Å². The summed E-state index contributed by atoms with van der Waals surface area (Å²) in [7, 11) is 0. The van der Waals surface area contributed by atoms with Crippen LogP contribution in [0.2, 0.25) is 0 Å². The standard InChI is InChI=1S/C16H26N4O/c1-3-10-20-14(13-11-17-19(4-2)12-13)18-16(15(20)21)8-6-5-7-9-16/h11-12,14,18H,3-10H2,1-2H3. The van der Waals surface area contributed by atoms with Crippen molar-refractivity contribution in [1.82, 2.24) is 20.0 Å². The summed E-state index contributed by atoms with van der Waals surface area (Å²) in [6.45, 7) is 5.89. The van der Waals surface area contributed by atoms with E-state index in [0.29, 0.717) is 5.91 Å². The van der Waals surface area contributed by atoms with Crippen molar-refractivity contribution in [3.05, 3.63) is 18.0 Å². The van der Waals surface area contributed by atoms with E-state index in [-0.39, 0.29) is 11.7 Å². The van der Waals surface area contributed by atoms with Crippen LogP contribution in [-0.4, -0.2) is 32.7 Å². The van der Waals surface area contributed by atoms with Crippen molar-refractivity contribution in [2.75, 3.05) is 6.54 Å². The van der Waals surface area contributed by atoms with Gasteiger partial charge >= 0.3 is 0 Å². The maximum absolute atomic E-state index is 13.0. The third-order valence-electron chi connectivity index (χ3n) is 4.86. The van der Waals surface area contributed by atoms with Crippen LogP contribution < -0.4 is 5.32 Å². The Morgan fingerprint density at radius 3 is 2.71 bits per heavy atom. The molecule has 2 aliphatic rings. The van der Waals surface area contributed by atoms with Gasteiger partial charge in [-0.05, 0) is 26.2 Å². The first-order valence-electron chi connectivity index (χ1n) is 8.31. The van der Waals surface area contributed by atoms with Gasteiger partial charge in [-0.1, -0.05) is 26.2 Å². The molecule has 5 heteroatoms. The summed E-state index contributed by atoms with van der Waals surface area (Å²) in [6, 6.07) is 0. The average molecular weight is 290 g/mol. The molecule has 1 unspecified atom stereocenters. The molecule has 1 saturated heterocycles. The van der Waals surface area contributed by atoms with Gasteiger partial charge < -0.3 is 4.90 Å². The number of rotatable bonds is 4. The molecule has 3 rings (SSSR count). The number of aryl methyl sites for hydroxylation is 1. The first-order chi connectivity index (χ1) is 10.2. The fraction of sp³-hybridized carbons (Fsp3) is 0.750. The van der Waals surface area contributed by atoms with Crippen LogP contribution in [0, 0.1) is 0 Å². The van der Waals surface area contributed by atoms with Gasteiger partial charge in [-0.15, -0.1) is 0 Å². The molecule has 0 radical (unpaired) electrons. The van der Waals surface area contributed by atoms with Crippen LogP contribution in [0.1, 0.15) is 64.1 Å². The molecule has 1 aromatic rings. The highest BCUT2D eigenvalue weighted by Crippen LogP contribution is 2.39. The summed E-state index contributed by atoms with van der Waals surface area (Å²) in [5, 5.41) is 8.04. The lowest BCUT2D eigenvalue weighted by atomic mass is 9.81. The Kier molecular flexibility index (Phi) is 4.02. The van der Waals surface area contributed by atoms with Gasteiger partial charge in [0.25, 0.3) is 0 Å². The summed E-state index contributed by atoms with van der Waals surface area (Å²) in [5.41, 5.74) is 0.799. The lowest BCUT2D eigenvalue weighted by molar-refractivity contribution is -0.134. The first kappa shape index (κ1) is 14.6. The van der Waals surface area contributed by atoms with E-state index in [0.717, 1.165) is 50.8 Å². The van der Waals surface area contributed by atoms with Gasteiger partial charge in [0.15, 0.2) is 0 Å². The molecular weight excluding hydrogens is 264 g/mol. The second-order valence-corrected chi connectivity index (χ2v) is 6.32. The van der Waals surface area contributed by atoms with Crippen LogP contribution in [-0.2, 0) is 11.3 Å². The van der Waals surface area contributed by atoms with Crippen LogP contribution in [0.3, 0.4) is 0 Å². The van der Waals surface area contributed by atoms with E-state index in [9.17, 15) is 4.79 Å². The molecule has 5 nitrogen and oxygen atoms in total. The summed E-state index contributed by atoms with van der Waals surface area (Å²) in [6.07, 6.45) is 10.5. The van der Waals surface area contributed by atoms with Gasteiger partial charge in [-0.25, -0.2) is 0 Å². The van der Waals surface area contributed by atoms with Gasteiger partial charge in [-0.2, -0.15) is 5.10 Å². The number of carbonyl (C=O) groups is 1. The molecule has 1 spiro atoms. The second-order valence-electron chi connectivity index (χ2n) is 6.32. The van der Waals surface area contributed by atoms with Gasteiger partial charge in [0.2, 0.25) is 5.91 Å². The van der Waals surface area contributed by atoms with Gasteiger partial charge in [-0.3, -0.25) is 14.8 Å². The molecule has 0 bridgehead atoms. The highest BCUT2D eigenvalue weighted by atomic mass is 16.2. The largest absolute Gasteiger partial charge is 0.321 e. The molecule has 1 aromatic heterocycles. The quantitative estimate of drug-likeness (QED) is 0.926. The average Bonchev–Trinajstić information content (AvgIpc) is 3.08. The summed E-state index contributed by atoms with van der Waals surface area (Å²) >= 11 is 0. The molecule has 21 heavy (non-hydrogen) atoms. The monoisotopic (exact) mass is 290 g/mol. The number of amides is 1. The van der Waals surface area contributed by atoms with Crippen molar-refractivity contribution in [2.24, 2.45) is 0 Å². The fourth-order valence-electron chi connectivity index (χ4n) is 3.74. The number of hydrogen-bond acceptors (Lipinski definition) is 3. The molecule has 1 atom stereocenters. The Morgan fingerprint density at radius 2 is 2.10 bits per heavy atom. The SMILES string of the molecule is CCCN1C(=O)C2(CCCCC2)NC1c1cnn(CC)c1. The molecule has 116 valence electrons. The highest BCUT2D eigenvalue weighted by molar-refractivity contribution is 5.89. The lowest BCUT2D eigenvalue weighted by Gasteiger charge is -2.31. The van der Waals surface area contributed by atoms with E-state index >= 15 is 0 Å². The maximum Gasteiger partial charge on any atom is 0.244 e. The van der Waals surface area contributed by atoms with Gasteiger partial charge in [0.05, 0.1) is 11.7 Å². The second kappa shape index (κ2) is 5.79. The van der Waals surface area contributed by atoms with Crippen molar-refractivity contribution < 1.29 is 4.79 Å². The molecule has 0 aromatic carbocycles. The molecule has 1 amide bonds. The normalized spacial score (nSPS) is 25.0. The maximum atomic E-state index is 13.0. The predicted octanol–water partition coefficient (Wildman–Crippen LogP) is 2.45. The summed E-state index contributed by atoms with van der Waals surface area (Å²) < 4.78 is 1.93. The smallest absolute Gasteiger partial charge is 0.244 e. The molecule has 2 heterocycles. The van der Waals surface area contributed by atoms with Crippen LogP contribution in [0.15, 0.2) is 12.4 Å². The number of nitrogens with zero attached hydrogens (tertiary/aromatic N) is 3. The number of nitrogens with one attached hydrogen (secondary N) is 1. The minimum Gasteiger partial charge on any atom is -0.321 e. The molecule has 1 aliphatic heterocycles. The Balaban J connectivity index is 1.89. The minimum absolute atomic E-state index is 0.00384. The van der Waals surface area contributed by atoms with E-state index in [4.69, 9.17) is 0 Å². The molecule has 1 saturated carbocycles. The third-order valence-corrected chi connectivity index (χ3v) is 4.86. The first-order valence-corrected chi connectivity index (χ1v) is 8.31. The van der Waals surface area contributed by atoms with E-state index < -0.39 is 0 Å². The Labute approximate surface area is 126 Å². The number of carbonyl (C=O) groups excluding carboxylic acids is 1. The Bertz CT molecular complexity index is 504. The van der Waals surface area contributed by atoms with E-state index in [1.54, 1.807) is 0 Å². The van der Waals surface area contributed by atoms with Crippen LogP contribution in [0.4, 0.5) is 0 Å². The Hall–Kier alpha value is -1.36. The summed E-state index contributed by atoms with van der Waals surface area (Å²) in [4.78, 5) is 15.0. The van der Waals surface area contributed by atoms with Crippen molar-refractivity contribution in [2.45, 2.75) is 70.6 Å². The van der Waals surface area contributed by atoms with Crippen LogP contribution in [0.25, 0.3) is 0 Å². The zero-order chi connectivity index (χ0) is 14.9. The third kappa shape index (κ3) is 2.48. The van der Waals surface area contributed by atoms with Gasteiger partial charge in [0, 0.05) is 24.8 Å². The van der Waals surface area contributed by atoms with Gasteiger partial charge in [0.1, 0.15) is 6.17 Å². The molecule has 2 fully saturated rings. The van der Waals surface area contributed by atoms with Crippen molar-refractivity contribution in [3.63, 3.8) is 0 Å².